The summed E-state index contributed by atoms with van der Waals surface area (Å²) in [4.78, 5) is 5.06. The van der Waals surface area contributed by atoms with E-state index in [4.69, 9.17) is 4.98 Å². The average Bonchev–Trinajstić information content (AvgIpc) is 3.17. The van der Waals surface area contributed by atoms with E-state index in [1.165, 1.54) is 21.3 Å². The number of hydrogen-bond acceptors (Lipinski definition) is 2. The Kier molecular flexibility index (Phi) is 4.26. The number of aromatic nitrogens is 1. The molecule has 0 aliphatic heterocycles. The first-order chi connectivity index (χ1) is 12.6. The van der Waals surface area contributed by atoms with Gasteiger partial charge in [-0.25, -0.2) is 0 Å². The average molecular weight is 375 g/mol. The van der Waals surface area contributed by atoms with Crippen LogP contribution in [0.2, 0.25) is 0 Å². The number of benzene rings is 3. The minimum absolute atomic E-state index is 1.11. The summed E-state index contributed by atoms with van der Waals surface area (Å²) in [6.45, 7) is 1.64. The van der Waals surface area contributed by atoms with E-state index in [0.29, 0.717) is 0 Å². The molecule has 0 saturated heterocycles. The zero-order valence-corrected chi connectivity index (χ0v) is 16.8. The van der Waals surface area contributed by atoms with Crippen LogP contribution in [0.4, 0.5) is 0 Å². The summed E-state index contributed by atoms with van der Waals surface area (Å²) >= 11 is 1.74. The van der Waals surface area contributed by atoms with E-state index >= 15 is 0 Å². The van der Waals surface area contributed by atoms with E-state index in [1.54, 1.807) is 11.3 Å². The van der Waals surface area contributed by atoms with Crippen molar-refractivity contribution in [3.05, 3.63) is 101 Å². The standard InChI is InChI=1S/C23H22NPS/c1-19-24-23(18-26-19)25(2,20-12-6-3-7-13-20,21-14-8-4-9-15-21)22-16-10-5-11-17-22/h3-18H,1-2H3. The fourth-order valence-corrected chi connectivity index (χ4v) is 10.5. The second-order valence-electron chi connectivity index (χ2n) is 6.80. The molecule has 0 atom stereocenters. The van der Waals surface area contributed by atoms with Gasteiger partial charge in [-0.1, -0.05) is 0 Å². The van der Waals surface area contributed by atoms with Crippen LogP contribution in [0.15, 0.2) is 96.4 Å². The van der Waals surface area contributed by atoms with Crippen molar-refractivity contribution >= 4 is 39.3 Å². The summed E-state index contributed by atoms with van der Waals surface area (Å²) in [5.41, 5.74) is 1.20. The third kappa shape index (κ3) is 2.37. The number of thiazole rings is 1. The zero-order chi connectivity index (χ0) is 18.1. The van der Waals surface area contributed by atoms with E-state index in [-0.39, 0.29) is 0 Å². The Bertz CT molecular complexity index is 910. The molecule has 0 radical (unpaired) electrons. The normalized spacial score (nSPS) is 13.1. The molecule has 0 aliphatic rings. The van der Waals surface area contributed by atoms with Crippen molar-refractivity contribution in [3.8, 4) is 0 Å². The van der Waals surface area contributed by atoms with E-state index in [1.807, 2.05) is 0 Å². The molecular weight excluding hydrogens is 353 g/mol. The topological polar surface area (TPSA) is 12.9 Å². The maximum atomic E-state index is 5.06. The van der Waals surface area contributed by atoms with E-state index in [9.17, 15) is 0 Å². The number of hydrogen-bond donors (Lipinski definition) is 0. The summed E-state index contributed by atoms with van der Waals surface area (Å²) < 4.78 is 0. The molecule has 26 heavy (non-hydrogen) atoms. The van der Waals surface area contributed by atoms with Gasteiger partial charge in [0.05, 0.1) is 0 Å². The second-order valence-corrected chi connectivity index (χ2v) is 13.0. The van der Waals surface area contributed by atoms with Gasteiger partial charge in [-0.3, -0.25) is 0 Å². The fourth-order valence-electron chi connectivity index (χ4n) is 3.85. The van der Waals surface area contributed by atoms with Gasteiger partial charge in [0.15, 0.2) is 0 Å². The molecule has 4 rings (SSSR count). The molecule has 3 aromatic carbocycles. The molecule has 0 fully saturated rings. The first-order valence-corrected chi connectivity index (χ1v) is 12.3. The predicted molar refractivity (Wildman–Crippen MR) is 118 cm³/mol. The van der Waals surface area contributed by atoms with E-state index < -0.39 is 6.60 Å². The van der Waals surface area contributed by atoms with E-state index in [2.05, 4.69) is 110 Å². The number of aryl methyl sites for hydroxylation is 1. The molecule has 0 bridgehead atoms. The minimum atomic E-state index is -2.90. The van der Waals surface area contributed by atoms with Gasteiger partial charge in [-0.2, -0.15) is 0 Å². The first kappa shape index (κ1) is 17.1. The Morgan fingerprint density at radius 2 is 1.04 bits per heavy atom. The third-order valence-corrected chi connectivity index (χ3v) is 12.5. The van der Waals surface area contributed by atoms with E-state index in [0.717, 1.165) is 5.01 Å². The van der Waals surface area contributed by atoms with Crippen molar-refractivity contribution in [1.29, 1.82) is 0 Å². The Hall–Kier alpha value is -2.28. The molecule has 0 saturated carbocycles. The van der Waals surface area contributed by atoms with Crippen molar-refractivity contribution < 1.29 is 0 Å². The van der Waals surface area contributed by atoms with Gasteiger partial charge in [0.2, 0.25) is 0 Å². The SMILES string of the molecule is Cc1nc(P(C)(c2ccccc2)(c2ccccc2)c2ccccc2)cs1. The Labute approximate surface area is 159 Å². The monoisotopic (exact) mass is 375 g/mol. The molecule has 1 nitrogen and oxygen atoms in total. The van der Waals surface area contributed by atoms with Crippen LogP contribution >= 0.6 is 17.9 Å². The van der Waals surface area contributed by atoms with Gasteiger partial charge in [0.25, 0.3) is 0 Å². The van der Waals surface area contributed by atoms with Gasteiger partial charge >= 0.3 is 159 Å². The van der Waals surface area contributed by atoms with Crippen LogP contribution in [0, 0.1) is 6.92 Å². The number of nitrogens with zero attached hydrogens (tertiary/aromatic N) is 1. The molecule has 0 unspecified atom stereocenters. The summed E-state index contributed by atoms with van der Waals surface area (Å²) in [5.74, 6) is 0. The zero-order valence-electron chi connectivity index (χ0n) is 15.0. The van der Waals surface area contributed by atoms with Crippen LogP contribution < -0.4 is 21.3 Å². The van der Waals surface area contributed by atoms with Crippen molar-refractivity contribution in [3.63, 3.8) is 0 Å². The summed E-state index contributed by atoms with van der Waals surface area (Å²) in [5, 5.41) is 7.42. The Balaban J connectivity index is 2.22. The summed E-state index contributed by atoms with van der Waals surface area (Å²) in [7, 11) is 0. The Morgan fingerprint density at radius 1 is 0.654 bits per heavy atom. The molecule has 130 valence electrons. The van der Waals surface area contributed by atoms with Gasteiger partial charge in [0.1, 0.15) is 0 Å². The molecule has 1 aromatic heterocycles. The third-order valence-electron chi connectivity index (χ3n) is 5.38. The number of rotatable bonds is 4. The van der Waals surface area contributed by atoms with Crippen molar-refractivity contribution in [2.24, 2.45) is 0 Å². The summed E-state index contributed by atoms with van der Waals surface area (Å²) in [6.07, 6.45) is 0. The molecule has 3 heteroatoms. The van der Waals surface area contributed by atoms with Crippen LogP contribution in [0.3, 0.4) is 0 Å². The predicted octanol–water partition coefficient (Wildman–Crippen LogP) is 4.24. The van der Waals surface area contributed by atoms with Crippen molar-refractivity contribution in [2.75, 3.05) is 6.66 Å². The molecule has 0 spiro atoms. The van der Waals surface area contributed by atoms with Crippen LogP contribution in [-0.2, 0) is 0 Å². The van der Waals surface area contributed by atoms with Crippen molar-refractivity contribution in [2.45, 2.75) is 6.92 Å². The van der Waals surface area contributed by atoms with Crippen molar-refractivity contribution in [1.82, 2.24) is 4.98 Å². The molecule has 0 N–H and O–H groups in total. The maximum absolute atomic E-state index is 5.06. The van der Waals surface area contributed by atoms with Crippen LogP contribution in [0.25, 0.3) is 0 Å². The molecule has 0 amide bonds. The fraction of sp³-hybridized carbons (Fsp3) is 0.0870. The van der Waals surface area contributed by atoms with Gasteiger partial charge < -0.3 is 0 Å². The molecule has 4 aromatic rings. The molecular formula is C23H22NPS. The van der Waals surface area contributed by atoms with Crippen LogP contribution in [0.5, 0.6) is 0 Å². The second kappa shape index (κ2) is 6.46. The molecule has 1 heterocycles. The van der Waals surface area contributed by atoms with Gasteiger partial charge in [-0.15, -0.1) is 0 Å². The quantitative estimate of drug-likeness (QED) is 0.486. The Morgan fingerprint density at radius 3 is 1.35 bits per heavy atom. The van der Waals surface area contributed by atoms with Crippen LogP contribution in [-0.4, -0.2) is 11.6 Å². The molecule has 0 aliphatic carbocycles. The van der Waals surface area contributed by atoms with Gasteiger partial charge in [-0.05, 0) is 0 Å². The summed E-state index contributed by atoms with van der Waals surface area (Å²) in [6, 6.07) is 32.8. The van der Waals surface area contributed by atoms with Gasteiger partial charge in [0, 0.05) is 0 Å². The van der Waals surface area contributed by atoms with Crippen LogP contribution in [0.1, 0.15) is 5.01 Å². The first-order valence-electron chi connectivity index (χ1n) is 8.75.